The summed E-state index contributed by atoms with van der Waals surface area (Å²) in [5.41, 5.74) is 1.04. The van der Waals surface area contributed by atoms with E-state index in [9.17, 15) is 0 Å². The normalized spacial score (nSPS) is 12.9. The number of hydrogen-bond donors (Lipinski definition) is 0. The van der Waals surface area contributed by atoms with Crippen molar-refractivity contribution in [1.82, 2.24) is 9.97 Å². The Morgan fingerprint density at radius 1 is 1.58 bits per heavy atom. The van der Waals surface area contributed by atoms with Crippen LogP contribution >= 0.6 is 11.6 Å². The third kappa shape index (κ3) is 2.45. The summed E-state index contributed by atoms with van der Waals surface area (Å²) in [7, 11) is 0. The quantitative estimate of drug-likeness (QED) is 0.675. The average molecular weight is 185 g/mol. The van der Waals surface area contributed by atoms with Crippen molar-refractivity contribution < 1.29 is 0 Å². The first-order valence-electron chi connectivity index (χ1n) is 4.22. The monoisotopic (exact) mass is 184 g/mol. The smallest absolute Gasteiger partial charge is 0.222 e. The van der Waals surface area contributed by atoms with Crippen molar-refractivity contribution in [3.8, 4) is 0 Å². The summed E-state index contributed by atoms with van der Waals surface area (Å²) in [5, 5.41) is 0.343. The lowest BCUT2D eigenvalue weighted by atomic mass is 10.0. The van der Waals surface area contributed by atoms with Crippen molar-refractivity contribution >= 4 is 11.6 Å². The first-order chi connectivity index (χ1) is 5.74. The third-order valence-corrected chi connectivity index (χ3v) is 2.06. The highest BCUT2D eigenvalue weighted by molar-refractivity contribution is 6.28. The largest absolute Gasteiger partial charge is 0.227 e. The van der Waals surface area contributed by atoms with Crippen molar-refractivity contribution in [3.63, 3.8) is 0 Å². The maximum absolute atomic E-state index is 5.67. The first kappa shape index (κ1) is 9.46. The average Bonchev–Trinajstić information content (AvgIpc) is 2.05. The minimum atomic E-state index is 0.343. The highest BCUT2D eigenvalue weighted by Gasteiger charge is 2.05. The zero-order chi connectivity index (χ0) is 8.97. The van der Waals surface area contributed by atoms with Gasteiger partial charge in [-0.1, -0.05) is 20.3 Å². The van der Waals surface area contributed by atoms with Gasteiger partial charge in [0.25, 0.3) is 0 Å². The molecular weight excluding hydrogens is 172 g/mol. The lowest BCUT2D eigenvalue weighted by molar-refractivity contribution is 0.645. The van der Waals surface area contributed by atoms with Gasteiger partial charge in [0.05, 0.1) is 0 Å². The maximum Gasteiger partial charge on any atom is 0.222 e. The number of nitrogens with zero attached hydrogens (tertiary/aromatic N) is 2. The van der Waals surface area contributed by atoms with Crippen LogP contribution in [0.5, 0.6) is 0 Å². The topological polar surface area (TPSA) is 25.8 Å². The van der Waals surface area contributed by atoms with Crippen LogP contribution in [0.2, 0.25) is 5.28 Å². The van der Waals surface area contributed by atoms with Crippen LogP contribution in [0, 0.1) is 0 Å². The Morgan fingerprint density at radius 3 is 2.92 bits per heavy atom. The van der Waals surface area contributed by atoms with E-state index < -0.39 is 0 Å². The van der Waals surface area contributed by atoms with E-state index in [1.807, 2.05) is 6.07 Å². The van der Waals surface area contributed by atoms with E-state index in [1.54, 1.807) is 6.20 Å². The molecule has 1 aromatic rings. The van der Waals surface area contributed by atoms with Crippen LogP contribution in [-0.2, 0) is 0 Å². The Labute approximate surface area is 78.0 Å². The number of hydrogen-bond acceptors (Lipinski definition) is 2. The van der Waals surface area contributed by atoms with Crippen molar-refractivity contribution in [3.05, 3.63) is 23.2 Å². The molecule has 0 radical (unpaired) electrons. The number of rotatable bonds is 3. The maximum atomic E-state index is 5.67. The summed E-state index contributed by atoms with van der Waals surface area (Å²) in [5.74, 6) is 0.482. The summed E-state index contributed by atoms with van der Waals surface area (Å²) >= 11 is 5.67. The van der Waals surface area contributed by atoms with Crippen LogP contribution in [0.25, 0.3) is 0 Å². The molecule has 12 heavy (non-hydrogen) atoms. The van der Waals surface area contributed by atoms with Crippen molar-refractivity contribution in [2.24, 2.45) is 0 Å². The second kappa shape index (κ2) is 4.41. The molecular formula is C9H13ClN2. The molecule has 0 saturated carbocycles. The Morgan fingerprint density at radius 2 is 2.33 bits per heavy atom. The molecule has 1 aromatic heterocycles. The molecule has 0 aliphatic rings. The van der Waals surface area contributed by atoms with E-state index in [-0.39, 0.29) is 0 Å². The van der Waals surface area contributed by atoms with Gasteiger partial charge in [0.15, 0.2) is 0 Å². The second-order valence-electron chi connectivity index (χ2n) is 2.94. The van der Waals surface area contributed by atoms with Gasteiger partial charge in [-0.25, -0.2) is 9.97 Å². The molecule has 1 rings (SSSR count). The summed E-state index contributed by atoms with van der Waals surface area (Å²) < 4.78 is 0. The van der Waals surface area contributed by atoms with Crippen molar-refractivity contribution in [1.29, 1.82) is 0 Å². The van der Waals surface area contributed by atoms with Crippen molar-refractivity contribution in [2.45, 2.75) is 32.6 Å². The van der Waals surface area contributed by atoms with Gasteiger partial charge in [0.2, 0.25) is 5.28 Å². The molecule has 0 N–H and O–H groups in total. The van der Waals surface area contributed by atoms with E-state index in [0.717, 1.165) is 12.1 Å². The van der Waals surface area contributed by atoms with E-state index in [2.05, 4.69) is 23.8 Å². The molecule has 66 valence electrons. The highest BCUT2D eigenvalue weighted by Crippen LogP contribution is 2.18. The minimum absolute atomic E-state index is 0.343. The van der Waals surface area contributed by atoms with Crippen LogP contribution in [0.4, 0.5) is 0 Å². The molecule has 0 aliphatic carbocycles. The van der Waals surface area contributed by atoms with Gasteiger partial charge in [0, 0.05) is 11.9 Å². The second-order valence-corrected chi connectivity index (χ2v) is 3.28. The van der Waals surface area contributed by atoms with Crippen LogP contribution in [0.3, 0.4) is 0 Å². The summed E-state index contributed by atoms with van der Waals surface area (Å²) in [6, 6.07) is 1.92. The van der Waals surface area contributed by atoms with Gasteiger partial charge in [-0.2, -0.15) is 0 Å². The molecule has 0 spiro atoms. The molecule has 1 unspecified atom stereocenters. The fraction of sp³-hybridized carbons (Fsp3) is 0.556. The predicted octanol–water partition coefficient (Wildman–Crippen LogP) is 3.03. The standard InChI is InChI=1S/C9H13ClN2/c1-3-4-7(2)8-5-6-11-9(10)12-8/h5-7H,3-4H2,1-2H3. The van der Waals surface area contributed by atoms with Crippen LogP contribution in [0.1, 0.15) is 38.3 Å². The minimum Gasteiger partial charge on any atom is -0.227 e. The third-order valence-electron chi connectivity index (χ3n) is 1.87. The molecule has 2 nitrogen and oxygen atoms in total. The Bertz CT molecular complexity index is 250. The van der Waals surface area contributed by atoms with E-state index >= 15 is 0 Å². The lowest BCUT2D eigenvalue weighted by Crippen LogP contribution is -1.97. The van der Waals surface area contributed by atoms with Gasteiger partial charge in [-0.15, -0.1) is 0 Å². The lowest BCUT2D eigenvalue weighted by Gasteiger charge is -2.08. The first-order valence-corrected chi connectivity index (χ1v) is 4.60. The summed E-state index contributed by atoms with van der Waals surface area (Å²) in [6.07, 6.45) is 4.02. The molecule has 3 heteroatoms. The van der Waals surface area contributed by atoms with Gasteiger partial charge in [-0.3, -0.25) is 0 Å². The zero-order valence-corrected chi connectivity index (χ0v) is 8.17. The van der Waals surface area contributed by atoms with Crippen LogP contribution in [-0.4, -0.2) is 9.97 Å². The van der Waals surface area contributed by atoms with E-state index in [0.29, 0.717) is 11.2 Å². The van der Waals surface area contributed by atoms with Gasteiger partial charge >= 0.3 is 0 Å². The Balaban J connectivity index is 2.73. The van der Waals surface area contributed by atoms with E-state index in [4.69, 9.17) is 11.6 Å². The predicted molar refractivity (Wildman–Crippen MR) is 50.4 cm³/mol. The number of halogens is 1. The highest BCUT2D eigenvalue weighted by atomic mass is 35.5. The fourth-order valence-electron chi connectivity index (χ4n) is 1.20. The SMILES string of the molecule is CCCC(C)c1ccnc(Cl)n1. The molecule has 0 aliphatic heterocycles. The molecule has 0 aromatic carbocycles. The molecule has 0 fully saturated rings. The summed E-state index contributed by atoms with van der Waals surface area (Å²) in [6.45, 7) is 4.32. The van der Waals surface area contributed by atoms with Gasteiger partial charge < -0.3 is 0 Å². The Hall–Kier alpha value is -0.630. The molecule has 1 atom stereocenters. The van der Waals surface area contributed by atoms with Crippen LogP contribution in [0.15, 0.2) is 12.3 Å². The Kier molecular flexibility index (Phi) is 3.48. The molecule has 0 bridgehead atoms. The fourth-order valence-corrected chi connectivity index (χ4v) is 1.36. The van der Waals surface area contributed by atoms with Gasteiger partial charge in [-0.05, 0) is 30.0 Å². The molecule has 0 saturated heterocycles. The molecule has 0 amide bonds. The number of aromatic nitrogens is 2. The van der Waals surface area contributed by atoms with Gasteiger partial charge in [0.1, 0.15) is 0 Å². The van der Waals surface area contributed by atoms with E-state index in [1.165, 1.54) is 6.42 Å². The van der Waals surface area contributed by atoms with Crippen molar-refractivity contribution in [2.75, 3.05) is 0 Å². The molecule has 1 heterocycles. The summed E-state index contributed by atoms with van der Waals surface area (Å²) in [4.78, 5) is 7.98. The van der Waals surface area contributed by atoms with Crippen LogP contribution < -0.4 is 0 Å². The zero-order valence-electron chi connectivity index (χ0n) is 7.42.